The average Bonchev–Trinajstić information content (AvgIpc) is 2.99. The summed E-state index contributed by atoms with van der Waals surface area (Å²) in [5, 5.41) is 0. The van der Waals surface area contributed by atoms with E-state index >= 15 is 0 Å². The molecule has 0 radical (unpaired) electrons. The summed E-state index contributed by atoms with van der Waals surface area (Å²) >= 11 is 0. The maximum absolute atomic E-state index is 13.1. The Hall–Kier alpha value is -3.00. The molecular weight excluding hydrogens is 296 g/mol. The summed E-state index contributed by atoms with van der Waals surface area (Å²) in [6, 6.07) is 17.3. The molecule has 0 amide bonds. The summed E-state index contributed by atoms with van der Waals surface area (Å²) in [6.07, 6.45) is 0.719. The molecule has 3 aromatic carbocycles. The second-order valence-electron chi connectivity index (χ2n) is 6.51. The normalized spacial score (nSPS) is 14.0. The molecule has 0 unspecified atom stereocenters. The molecule has 114 valence electrons. The second-order valence-corrected chi connectivity index (χ2v) is 6.51. The van der Waals surface area contributed by atoms with E-state index in [1.165, 1.54) is 11.1 Å². The highest BCUT2D eigenvalue weighted by atomic mass is 16.1. The van der Waals surface area contributed by atoms with Gasteiger partial charge in [0.05, 0.1) is 0 Å². The van der Waals surface area contributed by atoms with E-state index in [1.54, 1.807) is 12.1 Å². The van der Waals surface area contributed by atoms with Crippen LogP contribution in [0.5, 0.6) is 0 Å². The van der Waals surface area contributed by atoms with Gasteiger partial charge in [-0.25, -0.2) is 0 Å². The maximum atomic E-state index is 13.1. The maximum Gasteiger partial charge on any atom is 0.194 e. The van der Waals surface area contributed by atoms with E-state index in [1.807, 2.05) is 37.3 Å². The minimum Gasteiger partial charge on any atom is -0.289 e. The van der Waals surface area contributed by atoms with Crippen molar-refractivity contribution in [2.75, 3.05) is 0 Å². The first-order valence-corrected chi connectivity index (χ1v) is 8.10. The number of benzene rings is 3. The summed E-state index contributed by atoms with van der Waals surface area (Å²) in [6.45, 7) is 2.03. The van der Waals surface area contributed by atoms with E-state index in [2.05, 4.69) is 12.1 Å². The molecule has 0 saturated heterocycles. The summed E-state index contributed by atoms with van der Waals surface area (Å²) in [5.74, 6) is -0.0636. The van der Waals surface area contributed by atoms with Gasteiger partial charge in [-0.2, -0.15) is 0 Å². The molecule has 2 aliphatic carbocycles. The highest BCUT2D eigenvalue weighted by Crippen LogP contribution is 2.44. The Morgan fingerprint density at radius 3 is 2.08 bits per heavy atom. The Kier molecular flexibility index (Phi) is 2.53. The van der Waals surface area contributed by atoms with Crippen LogP contribution in [0.25, 0.3) is 11.1 Å². The van der Waals surface area contributed by atoms with E-state index in [9.17, 15) is 9.59 Å². The van der Waals surface area contributed by atoms with Gasteiger partial charge in [0.2, 0.25) is 0 Å². The van der Waals surface area contributed by atoms with Crippen LogP contribution in [0.4, 0.5) is 0 Å². The first-order valence-electron chi connectivity index (χ1n) is 8.10. The highest BCUT2D eigenvalue weighted by Gasteiger charge is 2.35. The van der Waals surface area contributed by atoms with Crippen molar-refractivity contribution in [3.05, 3.63) is 93.5 Å². The van der Waals surface area contributed by atoms with Gasteiger partial charge in [-0.15, -0.1) is 0 Å². The average molecular weight is 310 g/mol. The molecule has 5 rings (SSSR count). The van der Waals surface area contributed by atoms with Gasteiger partial charge in [-0.1, -0.05) is 48.5 Å². The van der Waals surface area contributed by atoms with E-state index in [-0.39, 0.29) is 11.6 Å². The lowest BCUT2D eigenvalue weighted by Gasteiger charge is -2.21. The van der Waals surface area contributed by atoms with Crippen LogP contribution in [0, 0.1) is 6.92 Å². The number of rotatable bonds is 0. The van der Waals surface area contributed by atoms with Crippen molar-refractivity contribution in [2.45, 2.75) is 13.3 Å². The van der Waals surface area contributed by atoms with Gasteiger partial charge in [0, 0.05) is 22.3 Å². The van der Waals surface area contributed by atoms with Crippen molar-refractivity contribution < 1.29 is 9.59 Å². The molecule has 24 heavy (non-hydrogen) atoms. The zero-order valence-electron chi connectivity index (χ0n) is 13.2. The molecule has 0 saturated carbocycles. The molecule has 0 bridgehead atoms. The Morgan fingerprint density at radius 2 is 1.33 bits per heavy atom. The van der Waals surface area contributed by atoms with Crippen LogP contribution in [0.1, 0.15) is 48.5 Å². The predicted octanol–water partition coefficient (Wildman–Crippen LogP) is 4.34. The third-order valence-corrected chi connectivity index (χ3v) is 5.17. The molecule has 2 heteroatoms. The molecule has 0 fully saturated rings. The third-order valence-electron chi connectivity index (χ3n) is 5.17. The monoisotopic (exact) mass is 310 g/mol. The van der Waals surface area contributed by atoms with Crippen LogP contribution in [-0.2, 0) is 6.42 Å². The number of aryl methyl sites for hydroxylation is 1. The minimum atomic E-state index is -0.0398. The van der Waals surface area contributed by atoms with Gasteiger partial charge in [-0.05, 0) is 47.2 Å². The van der Waals surface area contributed by atoms with Gasteiger partial charge in [-0.3, -0.25) is 9.59 Å². The molecular formula is C22H14O2. The van der Waals surface area contributed by atoms with E-state index in [4.69, 9.17) is 0 Å². The van der Waals surface area contributed by atoms with Crippen molar-refractivity contribution >= 4 is 11.6 Å². The first kappa shape index (κ1) is 13.4. The minimum absolute atomic E-state index is 0.0238. The van der Waals surface area contributed by atoms with E-state index < -0.39 is 0 Å². The number of hydrogen-bond donors (Lipinski definition) is 0. The molecule has 0 N–H and O–H groups in total. The Labute approximate surface area is 139 Å². The van der Waals surface area contributed by atoms with Crippen molar-refractivity contribution in [1.82, 2.24) is 0 Å². The summed E-state index contributed by atoms with van der Waals surface area (Å²) < 4.78 is 0. The molecule has 0 heterocycles. The van der Waals surface area contributed by atoms with Gasteiger partial charge in [0.25, 0.3) is 0 Å². The smallest absolute Gasteiger partial charge is 0.194 e. The van der Waals surface area contributed by atoms with E-state index in [0.717, 1.165) is 23.1 Å². The molecule has 0 spiro atoms. The van der Waals surface area contributed by atoms with Crippen LogP contribution >= 0.6 is 0 Å². The Bertz CT molecular complexity index is 1070. The number of hydrogen-bond acceptors (Lipinski definition) is 2. The fraction of sp³-hybridized carbons (Fsp3) is 0.0909. The quantitative estimate of drug-likeness (QED) is 0.426. The molecule has 0 aliphatic heterocycles. The van der Waals surface area contributed by atoms with Crippen molar-refractivity contribution in [1.29, 1.82) is 0 Å². The number of fused-ring (bicyclic) bond motifs is 6. The predicted molar refractivity (Wildman–Crippen MR) is 92.7 cm³/mol. The second kappa shape index (κ2) is 4.51. The number of ketones is 2. The molecule has 3 aromatic rings. The van der Waals surface area contributed by atoms with Crippen molar-refractivity contribution in [3.63, 3.8) is 0 Å². The van der Waals surface area contributed by atoms with E-state index in [0.29, 0.717) is 22.3 Å². The number of carbonyl (C=O) groups is 2. The van der Waals surface area contributed by atoms with Crippen LogP contribution in [-0.4, -0.2) is 11.6 Å². The summed E-state index contributed by atoms with van der Waals surface area (Å²) in [7, 11) is 0. The fourth-order valence-corrected chi connectivity index (χ4v) is 4.14. The Morgan fingerprint density at radius 1 is 0.708 bits per heavy atom. The summed E-state index contributed by atoms with van der Waals surface area (Å²) in [5.41, 5.74) is 7.83. The van der Waals surface area contributed by atoms with Crippen LogP contribution in [0.3, 0.4) is 0 Å². The first-order chi connectivity index (χ1) is 11.7. The summed E-state index contributed by atoms with van der Waals surface area (Å²) in [4.78, 5) is 26.0. The lowest BCUT2D eigenvalue weighted by molar-refractivity contribution is 0.0978. The van der Waals surface area contributed by atoms with Crippen LogP contribution in [0.2, 0.25) is 0 Å². The lowest BCUT2D eigenvalue weighted by Crippen LogP contribution is -2.22. The zero-order chi connectivity index (χ0) is 16.4. The SMILES string of the molecule is Cc1cc2c(c3c1-c1ccccc1C3)C(=O)c1ccccc1C2=O. The zero-order valence-corrected chi connectivity index (χ0v) is 13.2. The van der Waals surface area contributed by atoms with Gasteiger partial charge in [0.15, 0.2) is 11.6 Å². The lowest BCUT2D eigenvalue weighted by atomic mass is 9.79. The third kappa shape index (κ3) is 1.55. The Balaban J connectivity index is 1.86. The molecule has 2 nitrogen and oxygen atoms in total. The molecule has 0 aromatic heterocycles. The highest BCUT2D eigenvalue weighted by molar-refractivity contribution is 6.29. The largest absolute Gasteiger partial charge is 0.289 e. The number of carbonyl (C=O) groups excluding carboxylic acids is 2. The van der Waals surface area contributed by atoms with Gasteiger partial charge < -0.3 is 0 Å². The van der Waals surface area contributed by atoms with Crippen LogP contribution < -0.4 is 0 Å². The van der Waals surface area contributed by atoms with Crippen molar-refractivity contribution in [2.24, 2.45) is 0 Å². The van der Waals surface area contributed by atoms with Gasteiger partial charge in [0.1, 0.15) is 0 Å². The molecule has 0 atom stereocenters. The topological polar surface area (TPSA) is 34.1 Å². The standard InChI is InChI=1S/C22H14O2/c1-12-10-18-20(17-11-13-6-2-3-7-14(13)19(12)17)22(24)16-9-5-4-8-15(16)21(18)23/h2-10H,11H2,1H3. The van der Waals surface area contributed by atoms with Gasteiger partial charge >= 0.3 is 0 Å². The van der Waals surface area contributed by atoms with Crippen LogP contribution in [0.15, 0.2) is 54.6 Å². The molecule has 2 aliphatic rings. The van der Waals surface area contributed by atoms with Crippen molar-refractivity contribution in [3.8, 4) is 11.1 Å². The fourth-order valence-electron chi connectivity index (χ4n) is 4.14.